The zero-order valence-corrected chi connectivity index (χ0v) is 17.5. The van der Waals surface area contributed by atoms with Gasteiger partial charge in [-0.25, -0.2) is 4.98 Å². The van der Waals surface area contributed by atoms with Crippen molar-refractivity contribution >= 4 is 22.9 Å². The average molecular weight is 395 g/mol. The lowest BCUT2D eigenvalue weighted by Gasteiger charge is -2.35. The van der Waals surface area contributed by atoms with Crippen LogP contribution in [0.3, 0.4) is 0 Å². The maximum Gasteiger partial charge on any atom is 0.225 e. The number of carbonyl (C=O) groups excluding carboxylic acids is 1. The predicted molar refractivity (Wildman–Crippen MR) is 117 cm³/mol. The summed E-state index contributed by atoms with van der Waals surface area (Å²) in [5.41, 5.74) is 2.34. The minimum Gasteiger partial charge on any atom is -0.353 e. The number of rotatable bonds is 4. The van der Waals surface area contributed by atoms with E-state index in [4.69, 9.17) is 4.98 Å². The normalized spacial score (nSPS) is 24.3. The Labute approximate surface area is 173 Å². The van der Waals surface area contributed by atoms with Gasteiger partial charge in [0.25, 0.3) is 0 Å². The largest absolute Gasteiger partial charge is 0.353 e. The first kappa shape index (κ1) is 19.0. The molecule has 1 aromatic heterocycles. The number of hydrogen-bond acceptors (Lipinski definition) is 3. The van der Waals surface area contributed by atoms with Gasteiger partial charge in [0.15, 0.2) is 0 Å². The van der Waals surface area contributed by atoms with Crippen molar-refractivity contribution in [3.63, 3.8) is 0 Å². The zero-order chi connectivity index (χ0) is 19.6. The Morgan fingerprint density at radius 2 is 1.69 bits per heavy atom. The van der Waals surface area contributed by atoms with Gasteiger partial charge in [0.05, 0.1) is 17.0 Å². The van der Waals surface area contributed by atoms with Crippen LogP contribution < -0.4 is 10.2 Å². The fourth-order valence-electron chi connectivity index (χ4n) is 5.72. The number of benzene rings is 1. The molecule has 1 amide bonds. The molecule has 1 aliphatic heterocycles. The molecule has 5 rings (SSSR count). The Hall–Kier alpha value is -2.04. The highest BCUT2D eigenvalue weighted by Gasteiger charge is 2.31. The summed E-state index contributed by atoms with van der Waals surface area (Å²) in [6.45, 7) is 1.80. The topological polar surface area (TPSA) is 50.2 Å². The fraction of sp³-hybridized carbons (Fsp3) is 0.667. The Kier molecular flexibility index (Phi) is 5.47. The van der Waals surface area contributed by atoms with Crippen LogP contribution in [0.2, 0.25) is 0 Å². The summed E-state index contributed by atoms with van der Waals surface area (Å²) >= 11 is 0. The van der Waals surface area contributed by atoms with E-state index in [1.165, 1.54) is 50.5 Å². The number of imidazole rings is 1. The average Bonchev–Trinajstić information content (AvgIpc) is 3.42. The molecule has 2 heterocycles. The van der Waals surface area contributed by atoms with Crippen LogP contribution in [0.15, 0.2) is 24.3 Å². The summed E-state index contributed by atoms with van der Waals surface area (Å²) in [5, 5.41) is 3.36. The Morgan fingerprint density at radius 3 is 2.52 bits per heavy atom. The quantitative estimate of drug-likeness (QED) is 0.809. The minimum absolute atomic E-state index is 0.0857. The third-order valence-corrected chi connectivity index (χ3v) is 7.29. The lowest BCUT2D eigenvalue weighted by molar-refractivity contribution is -0.126. The Bertz CT molecular complexity index is 848. The van der Waals surface area contributed by atoms with E-state index in [1.54, 1.807) is 0 Å². The third kappa shape index (κ3) is 3.88. The first-order valence-corrected chi connectivity index (χ1v) is 11.8. The Balaban J connectivity index is 1.37. The van der Waals surface area contributed by atoms with Crippen LogP contribution in [0.5, 0.6) is 0 Å². The maximum absolute atomic E-state index is 13.0. The van der Waals surface area contributed by atoms with E-state index in [2.05, 4.69) is 39.0 Å². The zero-order valence-electron chi connectivity index (χ0n) is 17.5. The lowest BCUT2D eigenvalue weighted by atomic mass is 9.93. The van der Waals surface area contributed by atoms with Crippen molar-refractivity contribution in [1.82, 2.24) is 14.9 Å². The van der Waals surface area contributed by atoms with Gasteiger partial charge in [-0.1, -0.05) is 44.2 Å². The number of nitrogens with one attached hydrogen (secondary N) is 1. The summed E-state index contributed by atoms with van der Waals surface area (Å²) in [5.74, 6) is 1.45. The van der Waals surface area contributed by atoms with Crippen LogP contribution in [0.1, 0.15) is 76.7 Å². The molecular weight excluding hydrogens is 360 g/mol. The molecule has 2 saturated carbocycles. The highest BCUT2D eigenvalue weighted by atomic mass is 16.2. The van der Waals surface area contributed by atoms with Crippen molar-refractivity contribution in [1.29, 1.82) is 0 Å². The van der Waals surface area contributed by atoms with Crippen LogP contribution in [0.25, 0.3) is 11.0 Å². The predicted octanol–water partition coefficient (Wildman–Crippen LogP) is 4.82. The summed E-state index contributed by atoms with van der Waals surface area (Å²) in [7, 11) is 0. The minimum atomic E-state index is 0.0857. The molecule has 29 heavy (non-hydrogen) atoms. The number of aromatic nitrogens is 2. The van der Waals surface area contributed by atoms with Gasteiger partial charge in [0.2, 0.25) is 11.9 Å². The molecule has 2 aromatic rings. The van der Waals surface area contributed by atoms with Gasteiger partial charge in [0, 0.05) is 25.2 Å². The van der Waals surface area contributed by atoms with Crippen LogP contribution in [0, 0.1) is 5.92 Å². The van der Waals surface area contributed by atoms with Crippen molar-refractivity contribution in [2.24, 2.45) is 5.92 Å². The van der Waals surface area contributed by atoms with Gasteiger partial charge < -0.3 is 14.8 Å². The number of fused-ring (bicyclic) bond motifs is 1. The van der Waals surface area contributed by atoms with E-state index >= 15 is 0 Å². The third-order valence-electron chi connectivity index (χ3n) is 7.29. The second-order valence-corrected chi connectivity index (χ2v) is 9.34. The van der Waals surface area contributed by atoms with E-state index in [0.29, 0.717) is 12.1 Å². The molecule has 0 unspecified atom stereocenters. The van der Waals surface area contributed by atoms with Crippen molar-refractivity contribution in [3.8, 4) is 0 Å². The van der Waals surface area contributed by atoms with Gasteiger partial charge in [-0.3, -0.25) is 4.79 Å². The summed E-state index contributed by atoms with van der Waals surface area (Å²) in [6.07, 6.45) is 13.3. The van der Waals surface area contributed by atoms with Crippen molar-refractivity contribution < 1.29 is 4.79 Å². The molecule has 1 saturated heterocycles. The van der Waals surface area contributed by atoms with E-state index in [-0.39, 0.29) is 11.8 Å². The van der Waals surface area contributed by atoms with E-state index in [0.717, 1.165) is 50.2 Å². The molecule has 1 N–H and O–H groups in total. The van der Waals surface area contributed by atoms with Gasteiger partial charge in [-0.2, -0.15) is 0 Å². The standard InChI is InChI=1S/C24H34N4O/c29-23(25-19-10-2-1-3-11-19)18-9-8-16-27(17-18)24-26-21-14-6-7-15-22(21)28(24)20-12-4-5-13-20/h6-7,14-15,18-20H,1-5,8-13,16-17H2,(H,25,29)/t18-/m0/s1. The van der Waals surface area contributed by atoms with Crippen molar-refractivity contribution in [2.45, 2.75) is 82.7 Å². The highest BCUT2D eigenvalue weighted by Crippen LogP contribution is 2.37. The maximum atomic E-state index is 13.0. The Morgan fingerprint density at radius 1 is 0.931 bits per heavy atom. The van der Waals surface area contributed by atoms with Gasteiger partial charge >= 0.3 is 0 Å². The SMILES string of the molecule is O=C(NC1CCCCC1)[C@H]1CCCN(c2nc3ccccc3n2C2CCCC2)C1. The molecule has 156 valence electrons. The molecule has 3 aliphatic rings. The number of para-hydroxylation sites is 2. The number of nitrogens with zero attached hydrogens (tertiary/aromatic N) is 3. The van der Waals surface area contributed by atoms with Crippen LogP contribution in [-0.4, -0.2) is 34.6 Å². The molecule has 0 spiro atoms. The van der Waals surface area contributed by atoms with E-state index in [9.17, 15) is 4.79 Å². The number of amides is 1. The molecule has 2 aliphatic carbocycles. The molecule has 0 radical (unpaired) electrons. The second-order valence-electron chi connectivity index (χ2n) is 9.34. The molecule has 3 fully saturated rings. The molecule has 0 bridgehead atoms. The second kappa shape index (κ2) is 8.37. The smallest absolute Gasteiger partial charge is 0.225 e. The number of hydrogen-bond donors (Lipinski definition) is 1. The molecular formula is C24H34N4O. The first-order chi connectivity index (χ1) is 14.3. The van der Waals surface area contributed by atoms with Crippen LogP contribution in [-0.2, 0) is 4.79 Å². The number of piperidine rings is 1. The van der Waals surface area contributed by atoms with Crippen LogP contribution in [0.4, 0.5) is 5.95 Å². The highest BCUT2D eigenvalue weighted by molar-refractivity contribution is 5.81. The molecule has 5 heteroatoms. The monoisotopic (exact) mass is 394 g/mol. The van der Waals surface area contributed by atoms with E-state index < -0.39 is 0 Å². The van der Waals surface area contributed by atoms with Gasteiger partial charge in [-0.05, 0) is 50.7 Å². The summed E-state index contributed by atoms with van der Waals surface area (Å²) in [4.78, 5) is 20.4. The number of anilines is 1. The molecule has 1 aromatic carbocycles. The van der Waals surface area contributed by atoms with Crippen molar-refractivity contribution in [3.05, 3.63) is 24.3 Å². The summed E-state index contributed by atoms with van der Waals surface area (Å²) in [6, 6.07) is 9.48. The fourth-order valence-corrected chi connectivity index (χ4v) is 5.72. The van der Waals surface area contributed by atoms with Gasteiger partial charge in [0.1, 0.15) is 0 Å². The molecule has 1 atom stereocenters. The first-order valence-electron chi connectivity index (χ1n) is 11.8. The van der Waals surface area contributed by atoms with Crippen molar-refractivity contribution in [2.75, 3.05) is 18.0 Å². The van der Waals surface area contributed by atoms with E-state index in [1.807, 2.05) is 0 Å². The molecule has 5 nitrogen and oxygen atoms in total. The summed E-state index contributed by atoms with van der Waals surface area (Å²) < 4.78 is 2.49. The number of carbonyl (C=O) groups is 1. The van der Waals surface area contributed by atoms with Gasteiger partial charge in [-0.15, -0.1) is 0 Å². The van der Waals surface area contributed by atoms with Crippen LogP contribution >= 0.6 is 0 Å². The lowest BCUT2D eigenvalue weighted by Crippen LogP contribution is -2.47.